The van der Waals surface area contributed by atoms with Gasteiger partial charge in [-0.1, -0.05) is 253 Å². The summed E-state index contributed by atoms with van der Waals surface area (Å²) in [5.41, 5.74) is 2.83. The quantitative estimate of drug-likeness (QED) is 0.0543. The molecule has 0 unspecified atom stereocenters. The lowest BCUT2D eigenvalue weighted by Crippen LogP contribution is -2.68. The van der Waals surface area contributed by atoms with Crippen LogP contribution in [0.2, 0.25) is 0 Å². The Bertz CT molecular complexity index is 2120. The molecule has 8 rings (SSSR count). The highest BCUT2D eigenvalue weighted by atomic mass is 28.4. The average Bonchev–Trinajstić information content (AvgIpc) is 3.30. The molecule has 0 aromatic heterocycles. The Morgan fingerprint density at radius 3 is 0.625 bits per heavy atom. The van der Waals surface area contributed by atoms with Gasteiger partial charge in [0.05, 0.1) is 0 Å². The Balaban J connectivity index is 1.39. The Morgan fingerprint density at radius 1 is 0.250 bits per heavy atom. The highest BCUT2D eigenvalue weighted by Crippen LogP contribution is 2.18. The van der Waals surface area contributed by atoms with Gasteiger partial charge >= 0.3 is 16.6 Å². The molecule has 56 heavy (non-hydrogen) atoms. The minimum absolute atomic E-state index is 0.563. The van der Waals surface area contributed by atoms with Crippen molar-refractivity contribution in [3.8, 4) is 0 Å². The van der Waals surface area contributed by atoms with Crippen LogP contribution in [0.1, 0.15) is 11.1 Å². The van der Waals surface area contributed by atoms with Gasteiger partial charge in [-0.05, 0) is 31.1 Å². The molecular formula is C50H40N2O2Si2. The minimum Gasteiger partial charge on any atom is -0.437 e. The molecule has 0 aliphatic rings. The molecular weight excluding hydrogens is 717 g/mol. The molecule has 8 aromatic carbocycles. The van der Waals surface area contributed by atoms with E-state index in [2.05, 4.69) is 146 Å². The Kier molecular flexibility index (Phi) is 11.0. The lowest BCUT2D eigenvalue weighted by molar-refractivity contribution is 0.344. The van der Waals surface area contributed by atoms with Crippen LogP contribution in [0.3, 0.4) is 0 Å². The maximum atomic E-state index is 7.29. The summed E-state index contributed by atoms with van der Waals surface area (Å²) in [4.78, 5) is 0. The molecule has 0 saturated heterocycles. The lowest BCUT2D eigenvalue weighted by Gasteiger charge is -2.31. The second kappa shape index (κ2) is 17.1. The van der Waals surface area contributed by atoms with Crippen LogP contribution < -0.4 is 31.1 Å². The van der Waals surface area contributed by atoms with Gasteiger partial charge in [0.1, 0.15) is 11.4 Å². The van der Waals surface area contributed by atoms with E-state index >= 15 is 0 Å². The van der Waals surface area contributed by atoms with E-state index in [1.165, 1.54) is 0 Å². The van der Waals surface area contributed by atoms with E-state index in [-0.39, 0.29) is 0 Å². The second-order valence-corrected chi connectivity index (χ2v) is 19.9. The first-order valence-electron chi connectivity index (χ1n) is 18.8. The van der Waals surface area contributed by atoms with E-state index in [1.807, 2.05) is 97.1 Å². The molecule has 0 radical (unpaired) electrons. The maximum absolute atomic E-state index is 7.29. The number of hydrogen-bond acceptors (Lipinski definition) is 4. The number of oxime groups is 2. The monoisotopic (exact) mass is 756 g/mol. The predicted molar refractivity (Wildman–Crippen MR) is 236 cm³/mol. The fraction of sp³-hybridized carbons (Fsp3) is 0. The van der Waals surface area contributed by atoms with Crippen LogP contribution >= 0.6 is 0 Å². The smallest absolute Gasteiger partial charge is 0.380 e. The molecule has 0 atom stereocenters. The largest absolute Gasteiger partial charge is 0.437 e. The Labute approximate surface area is 330 Å². The standard InChI is InChI=1S/C50H40N2O2Si2/c1-9-25-41(26-10-1)49(51-53-55(43-29-13-3-14-30-43,44-31-15-4-16-32-44)45-33-17-5-18-34-45)50(42-27-11-2-12-28-42)52-54-56(46-35-19-6-20-36-46,47-37-21-7-22-38-47)48-39-23-8-24-40-48/h1-40H/b51-49+,52-50+. The van der Waals surface area contributed by atoms with Crippen molar-refractivity contribution in [1.29, 1.82) is 0 Å². The summed E-state index contributed by atoms with van der Waals surface area (Å²) in [6, 6.07) is 83.2. The number of nitrogens with zero attached hydrogens (tertiary/aromatic N) is 2. The third kappa shape index (κ3) is 7.31. The molecule has 0 spiro atoms. The predicted octanol–water partition coefficient (Wildman–Crippen LogP) is 7.16. The van der Waals surface area contributed by atoms with Crippen molar-refractivity contribution in [3.63, 3.8) is 0 Å². The van der Waals surface area contributed by atoms with Crippen molar-refractivity contribution in [3.05, 3.63) is 254 Å². The summed E-state index contributed by atoms with van der Waals surface area (Å²) in [5, 5.41) is 17.0. The molecule has 0 bridgehead atoms. The summed E-state index contributed by atoms with van der Waals surface area (Å²) in [6.45, 7) is 0. The van der Waals surface area contributed by atoms with E-state index in [0.717, 1.165) is 42.2 Å². The summed E-state index contributed by atoms with van der Waals surface area (Å²) < 4.78 is 14.6. The molecule has 270 valence electrons. The molecule has 0 heterocycles. The van der Waals surface area contributed by atoms with Gasteiger partial charge in [0.25, 0.3) is 0 Å². The summed E-state index contributed by atoms with van der Waals surface area (Å²) >= 11 is 0. The molecule has 4 nitrogen and oxygen atoms in total. The molecule has 6 heteroatoms. The van der Waals surface area contributed by atoms with Crippen molar-refractivity contribution in [2.24, 2.45) is 10.3 Å². The second-order valence-electron chi connectivity index (χ2n) is 13.4. The average molecular weight is 757 g/mol. The van der Waals surface area contributed by atoms with E-state index in [1.54, 1.807) is 0 Å². The van der Waals surface area contributed by atoms with E-state index in [4.69, 9.17) is 19.4 Å². The van der Waals surface area contributed by atoms with Gasteiger partial charge in [0.15, 0.2) is 0 Å². The maximum Gasteiger partial charge on any atom is 0.380 e. The van der Waals surface area contributed by atoms with Gasteiger partial charge in [-0.15, -0.1) is 0 Å². The molecule has 8 aromatic rings. The first-order valence-corrected chi connectivity index (χ1v) is 22.6. The third-order valence-corrected chi connectivity index (χ3v) is 17.6. The van der Waals surface area contributed by atoms with Crippen LogP contribution in [0.25, 0.3) is 0 Å². The highest BCUT2D eigenvalue weighted by molar-refractivity contribution is 7.07. The zero-order valence-electron chi connectivity index (χ0n) is 30.8. The zero-order valence-corrected chi connectivity index (χ0v) is 32.8. The van der Waals surface area contributed by atoms with Crippen LogP contribution in [0, 0.1) is 0 Å². The van der Waals surface area contributed by atoms with Gasteiger partial charge in [-0.25, -0.2) is 0 Å². The highest BCUT2D eigenvalue weighted by Gasteiger charge is 2.46. The van der Waals surface area contributed by atoms with Crippen molar-refractivity contribution in [2.45, 2.75) is 0 Å². The van der Waals surface area contributed by atoms with E-state index in [0.29, 0.717) is 11.4 Å². The fourth-order valence-electron chi connectivity index (χ4n) is 7.24. The van der Waals surface area contributed by atoms with Gasteiger partial charge in [-0.2, -0.15) is 0 Å². The van der Waals surface area contributed by atoms with E-state index < -0.39 is 16.6 Å². The van der Waals surface area contributed by atoms with Crippen LogP contribution in [0.15, 0.2) is 253 Å². The Hall–Kier alpha value is -6.87. The normalized spacial score (nSPS) is 12.1. The van der Waals surface area contributed by atoms with Crippen molar-refractivity contribution >= 4 is 59.2 Å². The molecule has 0 fully saturated rings. The van der Waals surface area contributed by atoms with Crippen molar-refractivity contribution < 1.29 is 9.05 Å². The summed E-state index contributed by atoms with van der Waals surface area (Å²) in [7, 11) is -6.52. The van der Waals surface area contributed by atoms with E-state index in [9.17, 15) is 0 Å². The van der Waals surface area contributed by atoms with Gasteiger partial charge < -0.3 is 9.05 Å². The molecule has 0 aliphatic heterocycles. The number of benzene rings is 8. The van der Waals surface area contributed by atoms with Crippen LogP contribution in [0.5, 0.6) is 0 Å². The zero-order chi connectivity index (χ0) is 37.9. The molecule has 0 N–H and O–H groups in total. The SMILES string of the molecule is c1ccc(C(=N\O[Si](c2ccccc2)(c2ccccc2)c2ccccc2)/C(=N/O[Si](c2ccccc2)(c2ccccc2)c2ccccc2)c2ccccc2)cc1. The summed E-state index contributed by atoms with van der Waals surface area (Å²) in [6.07, 6.45) is 0. The molecule has 0 saturated carbocycles. The van der Waals surface area contributed by atoms with Gasteiger partial charge in [0.2, 0.25) is 0 Å². The Morgan fingerprint density at radius 2 is 0.429 bits per heavy atom. The number of hydrogen-bond donors (Lipinski definition) is 0. The molecule has 0 amide bonds. The van der Waals surface area contributed by atoms with Gasteiger partial charge in [-0.3, -0.25) is 0 Å². The van der Waals surface area contributed by atoms with Crippen molar-refractivity contribution in [1.82, 2.24) is 0 Å². The van der Waals surface area contributed by atoms with Crippen molar-refractivity contribution in [2.75, 3.05) is 0 Å². The minimum atomic E-state index is -3.26. The third-order valence-electron chi connectivity index (χ3n) is 9.95. The van der Waals surface area contributed by atoms with Crippen LogP contribution in [-0.4, -0.2) is 28.1 Å². The fourth-order valence-corrected chi connectivity index (χ4v) is 14.3. The molecule has 0 aliphatic carbocycles. The topological polar surface area (TPSA) is 43.2 Å². The van der Waals surface area contributed by atoms with Gasteiger partial charge in [0, 0.05) is 11.1 Å². The lowest BCUT2D eigenvalue weighted by atomic mass is 10.0. The van der Waals surface area contributed by atoms with Crippen LogP contribution in [-0.2, 0) is 9.05 Å². The first-order chi connectivity index (χ1) is 27.8. The summed E-state index contributed by atoms with van der Waals surface area (Å²) in [5.74, 6) is 0. The first kappa shape index (κ1) is 36.1. The van der Waals surface area contributed by atoms with Crippen LogP contribution in [0.4, 0.5) is 0 Å². The number of rotatable bonds is 13.